The fourth-order valence-electron chi connectivity index (χ4n) is 2.69. The Kier molecular flexibility index (Phi) is 5.21. The Labute approximate surface area is 156 Å². The SMILES string of the molecule is COc1cc(C(=O)NC2(C(=O)O)CC2)cc(OC)c1OCc1ccccc1. The number of hydrogen-bond acceptors (Lipinski definition) is 5. The van der Waals surface area contributed by atoms with Gasteiger partial charge in [-0.1, -0.05) is 30.3 Å². The molecule has 1 amide bonds. The molecule has 142 valence electrons. The first kappa shape index (κ1) is 18.6. The summed E-state index contributed by atoms with van der Waals surface area (Å²) >= 11 is 0. The summed E-state index contributed by atoms with van der Waals surface area (Å²) < 4.78 is 16.6. The second-order valence-corrected chi connectivity index (χ2v) is 6.33. The molecule has 1 aliphatic carbocycles. The minimum Gasteiger partial charge on any atom is -0.493 e. The van der Waals surface area contributed by atoms with Crippen molar-refractivity contribution in [3.05, 3.63) is 53.6 Å². The van der Waals surface area contributed by atoms with Gasteiger partial charge in [0.25, 0.3) is 5.91 Å². The van der Waals surface area contributed by atoms with E-state index >= 15 is 0 Å². The van der Waals surface area contributed by atoms with Gasteiger partial charge in [-0.25, -0.2) is 4.79 Å². The number of carbonyl (C=O) groups is 2. The van der Waals surface area contributed by atoms with E-state index in [0.717, 1.165) is 5.56 Å². The third kappa shape index (κ3) is 3.97. The monoisotopic (exact) mass is 371 g/mol. The molecule has 0 saturated heterocycles. The number of carboxylic acids is 1. The second-order valence-electron chi connectivity index (χ2n) is 6.33. The number of methoxy groups -OCH3 is 2. The highest BCUT2D eigenvalue weighted by Crippen LogP contribution is 2.40. The Morgan fingerprint density at radius 1 is 1.07 bits per heavy atom. The fraction of sp³-hybridized carbons (Fsp3) is 0.300. The van der Waals surface area contributed by atoms with Crippen LogP contribution in [0.25, 0.3) is 0 Å². The number of rotatable bonds is 8. The first-order valence-corrected chi connectivity index (χ1v) is 8.48. The third-order valence-electron chi connectivity index (χ3n) is 4.46. The maximum atomic E-state index is 12.5. The molecule has 3 rings (SSSR count). The maximum Gasteiger partial charge on any atom is 0.329 e. The molecular formula is C20H21NO6. The van der Waals surface area contributed by atoms with Crippen LogP contribution in [0.5, 0.6) is 17.2 Å². The molecular weight excluding hydrogens is 350 g/mol. The molecule has 0 aliphatic heterocycles. The number of carbonyl (C=O) groups excluding carboxylic acids is 1. The van der Waals surface area contributed by atoms with E-state index in [1.807, 2.05) is 30.3 Å². The predicted octanol–water partition coefficient (Wildman–Crippen LogP) is 2.63. The van der Waals surface area contributed by atoms with Crippen molar-refractivity contribution in [1.82, 2.24) is 5.32 Å². The normalized spacial score (nSPS) is 14.1. The van der Waals surface area contributed by atoms with Crippen molar-refractivity contribution in [3.8, 4) is 17.2 Å². The summed E-state index contributed by atoms with van der Waals surface area (Å²) in [6.07, 6.45) is 0.835. The Bertz CT molecular complexity index is 820. The molecule has 0 atom stereocenters. The molecule has 0 unspecified atom stereocenters. The molecule has 2 aromatic carbocycles. The van der Waals surface area contributed by atoms with Gasteiger partial charge in [0.2, 0.25) is 5.75 Å². The van der Waals surface area contributed by atoms with E-state index in [4.69, 9.17) is 14.2 Å². The zero-order valence-electron chi connectivity index (χ0n) is 15.2. The summed E-state index contributed by atoms with van der Waals surface area (Å²) in [5, 5.41) is 11.8. The fourth-order valence-corrected chi connectivity index (χ4v) is 2.69. The number of aliphatic carboxylic acids is 1. The summed E-state index contributed by atoms with van der Waals surface area (Å²) in [7, 11) is 2.93. The summed E-state index contributed by atoms with van der Waals surface area (Å²) in [5.74, 6) is -0.496. The number of nitrogens with one attached hydrogen (secondary N) is 1. The molecule has 1 fully saturated rings. The average molecular weight is 371 g/mol. The lowest BCUT2D eigenvalue weighted by Crippen LogP contribution is -2.43. The highest BCUT2D eigenvalue weighted by molar-refractivity contribution is 5.99. The van der Waals surface area contributed by atoms with E-state index in [1.165, 1.54) is 26.4 Å². The summed E-state index contributed by atoms with van der Waals surface area (Å²) in [5.41, 5.74) is 0.0453. The van der Waals surface area contributed by atoms with Crippen molar-refractivity contribution in [2.24, 2.45) is 0 Å². The minimum atomic E-state index is -1.17. The van der Waals surface area contributed by atoms with Crippen LogP contribution in [0.2, 0.25) is 0 Å². The molecule has 2 N–H and O–H groups in total. The minimum absolute atomic E-state index is 0.239. The van der Waals surface area contributed by atoms with Crippen molar-refractivity contribution in [2.75, 3.05) is 14.2 Å². The Balaban J connectivity index is 1.83. The van der Waals surface area contributed by atoms with Crippen LogP contribution in [0.15, 0.2) is 42.5 Å². The van der Waals surface area contributed by atoms with E-state index < -0.39 is 17.4 Å². The zero-order chi connectivity index (χ0) is 19.4. The highest BCUT2D eigenvalue weighted by atomic mass is 16.5. The summed E-state index contributed by atoms with van der Waals surface area (Å²) in [6, 6.07) is 12.6. The third-order valence-corrected chi connectivity index (χ3v) is 4.46. The predicted molar refractivity (Wildman–Crippen MR) is 97.4 cm³/mol. The standard InChI is InChI=1S/C20H21NO6/c1-25-15-10-14(18(22)21-20(8-9-20)19(23)24)11-16(26-2)17(15)27-12-13-6-4-3-5-7-13/h3-7,10-11H,8-9,12H2,1-2H3,(H,21,22)(H,23,24). The molecule has 0 radical (unpaired) electrons. The van der Waals surface area contributed by atoms with Crippen LogP contribution in [0.4, 0.5) is 0 Å². The zero-order valence-corrected chi connectivity index (χ0v) is 15.2. The van der Waals surface area contributed by atoms with E-state index in [1.54, 1.807) is 0 Å². The van der Waals surface area contributed by atoms with E-state index in [-0.39, 0.29) is 5.56 Å². The van der Waals surface area contributed by atoms with Gasteiger partial charge in [-0.15, -0.1) is 0 Å². The van der Waals surface area contributed by atoms with Crippen molar-refractivity contribution >= 4 is 11.9 Å². The van der Waals surface area contributed by atoms with Gasteiger partial charge < -0.3 is 24.6 Å². The Morgan fingerprint density at radius 2 is 1.67 bits per heavy atom. The highest BCUT2D eigenvalue weighted by Gasteiger charge is 2.51. The number of carboxylic acid groups (broad SMARTS) is 1. The molecule has 7 heteroatoms. The quantitative estimate of drug-likeness (QED) is 0.741. The molecule has 0 bridgehead atoms. The van der Waals surface area contributed by atoms with Gasteiger partial charge in [0.1, 0.15) is 12.1 Å². The van der Waals surface area contributed by atoms with Crippen molar-refractivity contribution in [2.45, 2.75) is 25.0 Å². The largest absolute Gasteiger partial charge is 0.493 e. The van der Waals surface area contributed by atoms with Gasteiger partial charge in [-0.3, -0.25) is 4.79 Å². The number of hydrogen-bond donors (Lipinski definition) is 2. The van der Waals surface area contributed by atoms with Gasteiger partial charge in [0, 0.05) is 5.56 Å². The number of amides is 1. The van der Waals surface area contributed by atoms with Crippen molar-refractivity contribution in [3.63, 3.8) is 0 Å². The molecule has 1 aliphatic rings. The van der Waals surface area contributed by atoms with Gasteiger partial charge in [0.15, 0.2) is 11.5 Å². The van der Waals surface area contributed by atoms with Gasteiger partial charge >= 0.3 is 5.97 Å². The summed E-state index contributed by atoms with van der Waals surface area (Å²) in [4.78, 5) is 23.8. The first-order valence-electron chi connectivity index (χ1n) is 8.48. The number of ether oxygens (including phenoxy) is 3. The van der Waals surface area contributed by atoms with Crippen LogP contribution in [-0.4, -0.2) is 36.7 Å². The van der Waals surface area contributed by atoms with Gasteiger partial charge in [-0.2, -0.15) is 0 Å². The Morgan fingerprint density at radius 3 is 2.15 bits per heavy atom. The van der Waals surface area contributed by atoms with Crippen molar-refractivity contribution < 1.29 is 28.9 Å². The molecule has 7 nitrogen and oxygen atoms in total. The summed E-state index contributed by atoms with van der Waals surface area (Å²) in [6.45, 7) is 0.307. The topological polar surface area (TPSA) is 94.1 Å². The van der Waals surface area contributed by atoms with Crippen molar-refractivity contribution in [1.29, 1.82) is 0 Å². The first-order chi connectivity index (χ1) is 13.0. The Hall–Kier alpha value is -3.22. The lowest BCUT2D eigenvalue weighted by atomic mass is 10.1. The van der Waals surface area contributed by atoms with E-state index in [0.29, 0.717) is 36.7 Å². The van der Waals surface area contributed by atoms with Crippen LogP contribution < -0.4 is 19.5 Å². The lowest BCUT2D eigenvalue weighted by molar-refractivity contribution is -0.140. The average Bonchev–Trinajstić information content (AvgIpc) is 3.47. The molecule has 2 aromatic rings. The van der Waals surface area contributed by atoms with Crippen LogP contribution in [-0.2, 0) is 11.4 Å². The lowest BCUT2D eigenvalue weighted by Gasteiger charge is -2.17. The molecule has 0 aromatic heterocycles. The van der Waals surface area contributed by atoms with Crippen LogP contribution in [0.1, 0.15) is 28.8 Å². The molecule has 0 heterocycles. The van der Waals surface area contributed by atoms with E-state index in [2.05, 4.69) is 5.32 Å². The van der Waals surface area contributed by atoms with Gasteiger partial charge in [0.05, 0.1) is 14.2 Å². The van der Waals surface area contributed by atoms with Crippen LogP contribution >= 0.6 is 0 Å². The van der Waals surface area contributed by atoms with Crippen LogP contribution in [0, 0.1) is 0 Å². The van der Waals surface area contributed by atoms with E-state index in [9.17, 15) is 14.7 Å². The number of benzene rings is 2. The molecule has 1 saturated carbocycles. The van der Waals surface area contributed by atoms with Gasteiger partial charge in [-0.05, 0) is 30.5 Å². The second kappa shape index (κ2) is 7.57. The molecule has 27 heavy (non-hydrogen) atoms. The van der Waals surface area contributed by atoms with Crippen LogP contribution in [0.3, 0.4) is 0 Å². The maximum absolute atomic E-state index is 12.5. The smallest absolute Gasteiger partial charge is 0.329 e. The molecule has 0 spiro atoms.